The van der Waals surface area contributed by atoms with Crippen LogP contribution in [-0.4, -0.2) is 17.8 Å². The third-order valence-corrected chi connectivity index (χ3v) is 3.21. The Morgan fingerprint density at radius 3 is 2.82 bits per heavy atom. The average Bonchev–Trinajstić information content (AvgIpc) is 2.23. The number of rotatable bonds is 5. The maximum absolute atomic E-state index is 11.9. The van der Waals surface area contributed by atoms with E-state index in [0.717, 1.165) is 28.4 Å². The van der Waals surface area contributed by atoms with Gasteiger partial charge in [-0.15, -0.1) is 11.6 Å². The Hall–Kier alpha value is -0.540. The Balaban J connectivity index is 2.47. The molecular weight excluding hydrogens is 302 g/mol. The number of halogens is 2. The van der Waals surface area contributed by atoms with E-state index in [1.54, 1.807) is 0 Å². The van der Waals surface area contributed by atoms with E-state index in [9.17, 15) is 4.79 Å². The molecule has 1 N–H and O–H groups in total. The van der Waals surface area contributed by atoms with Crippen LogP contribution in [0.4, 0.5) is 0 Å². The predicted molar refractivity (Wildman–Crippen MR) is 75.8 cm³/mol. The van der Waals surface area contributed by atoms with Gasteiger partial charge < -0.3 is 5.32 Å². The van der Waals surface area contributed by atoms with Crippen molar-refractivity contribution in [3.63, 3.8) is 0 Å². The molecule has 0 heterocycles. The third kappa shape index (κ3) is 5.09. The van der Waals surface area contributed by atoms with Crippen molar-refractivity contribution in [1.82, 2.24) is 5.32 Å². The van der Waals surface area contributed by atoms with Gasteiger partial charge in [0.05, 0.1) is 0 Å². The summed E-state index contributed by atoms with van der Waals surface area (Å²) in [5.74, 6) is -0.0165. The molecule has 0 bridgehead atoms. The fraction of sp³-hybridized carbons (Fsp3) is 0.462. The standard InChI is InChI=1S/C13H17BrClNO/c1-9-8-11(14)5-6-12(9)13(17)16-7-3-4-10(2)15/h5-6,8,10H,3-4,7H2,1-2H3,(H,16,17). The van der Waals surface area contributed by atoms with Crippen molar-refractivity contribution in [2.45, 2.75) is 32.1 Å². The summed E-state index contributed by atoms with van der Waals surface area (Å²) in [4.78, 5) is 11.9. The van der Waals surface area contributed by atoms with Gasteiger partial charge in [0.1, 0.15) is 0 Å². The van der Waals surface area contributed by atoms with E-state index < -0.39 is 0 Å². The molecule has 0 fully saturated rings. The van der Waals surface area contributed by atoms with Crippen molar-refractivity contribution in [2.24, 2.45) is 0 Å². The number of benzene rings is 1. The average molecular weight is 319 g/mol. The van der Waals surface area contributed by atoms with E-state index in [-0.39, 0.29) is 11.3 Å². The molecule has 17 heavy (non-hydrogen) atoms. The molecule has 94 valence electrons. The van der Waals surface area contributed by atoms with Crippen LogP contribution in [0.25, 0.3) is 0 Å². The maximum Gasteiger partial charge on any atom is 0.251 e. The molecule has 1 atom stereocenters. The Bertz CT molecular complexity index is 393. The van der Waals surface area contributed by atoms with Gasteiger partial charge in [0.2, 0.25) is 0 Å². The molecule has 0 aliphatic rings. The first-order valence-electron chi connectivity index (χ1n) is 5.69. The predicted octanol–water partition coefficient (Wildman–Crippen LogP) is 3.89. The second-order valence-electron chi connectivity index (χ2n) is 4.14. The first kappa shape index (κ1) is 14.5. The maximum atomic E-state index is 11.9. The molecule has 1 rings (SSSR count). The van der Waals surface area contributed by atoms with E-state index in [0.29, 0.717) is 6.54 Å². The van der Waals surface area contributed by atoms with Crippen LogP contribution in [0.15, 0.2) is 22.7 Å². The molecule has 0 saturated carbocycles. The second-order valence-corrected chi connectivity index (χ2v) is 5.80. The van der Waals surface area contributed by atoms with Gasteiger partial charge in [-0.3, -0.25) is 4.79 Å². The summed E-state index contributed by atoms with van der Waals surface area (Å²) in [6.45, 7) is 4.56. The Morgan fingerprint density at radius 1 is 1.53 bits per heavy atom. The second kappa shape index (κ2) is 7.02. The lowest BCUT2D eigenvalue weighted by molar-refractivity contribution is 0.0952. The van der Waals surface area contributed by atoms with Gasteiger partial charge in [0.25, 0.3) is 5.91 Å². The van der Waals surface area contributed by atoms with Gasteiger partial charge in [0.15, 0.2) is 0 Å². The van der Waals surface area contributed by atoms with Crippen LogP contribution in [0.2, 0.25) is 0 Å². The van der Waals surface area contributed by atoms with Crippen LogP contribution >= 0.6 is 27.5 Å². The first-order valence-corrected chi connectivity index (χ1v) is 6.92. The number of nitrogens with one attached hydrogen (secondary N) is 1. The van der Waals surface area contributed by atoms with E-state index in [2.05, 4.69) is 21.2 Å². The number of hydrogen-bond donors (Lipinski definition) is 1. The lowest BCUT2D eigenvalue weighted by Gasteiger charge is -2.08. The van der Waals surface area contributed by atoms with Crippen molar-refractivity contribution < 1.29 is 4.79 Å². The van der Waals surface area contributed by atoms with Crippen LogP contribution in [0.1, 0.15) is 35.7 Å². The Morgan fingerprint density at radius 2 is 2.24 bits per heavy atom. The number of alkyl halides is 1. The summed E-state index contributed by atoms with van der Waals surface area (Å²) in [6.07, 6.45) is 1.83. The van der Waals surface area contributed by atoms with Crippen LogP contribution < -0.4 is 5.32 Å². The van der Waals surface area contributed by atoms with E-state index in [4.69, 9.17) is 11.6 Å². The summed E-state index contributed by atoms with van der Waals surface area (Å²) in [7, 11) is 0. The van der Waals surface area contributed by atoms with Crippen LogP contribution in [0.5, 0.6) is 0 Å². The van der Waals surface area contributed by atoms with Crippen molar-refractivity contribution in [3.05, 3.63) is 33.8 Å². The molecule has 0 saturated heterocycles. The van der Waals surface area contributed by atoms with Crippen LogP contribution in [0.3, 0.4) is 0 Å². The summed E-state index contributed by atoms with van der Waals surface area (Å²) in [6, 6.07) is 5.65. The van der Waals surface area contributed by atoms with E-state index >= 15 is 0 Å². The normalized spacial score (nSPS) is 12.2. The highest BCUT2D eigenvalue weighted by molar-refractivity contribution is 9.10. The van der Waals surface area contributed by atoms with Crippen LogP contribution in [-0.2, 0) is 0 Å². The highest BCUT2D eigenvalue weighted by atomic mass is 79.9. The molecule has 0 aliphatic heterocycles. The molecule has 1 unspecified atom stereocenters. The highest BCUT2D eigenvalue weighted by Crippen LogP contribution is 2.15. The van der Waals surface area contributed by atoms with Gasteiger partial charge in [-0.05, 0) is 50.5 Å². The zero-order valence-electron chi connectivity index (χ0n) is 10.1. The van der Waals surface area contributed by atoms with Gasteiger partial charge in [-0.25, -0.2) is 0 Å². The molecule has 4 heteroatoms. The zero-order valence-corrected chi connectivity index (χ0v) is 12.4. The van der Waals surface area contributed by atoms with Crippen molar-refractivity contribution in [2.75, 3.05) is 6.54 Å². The first-order chi connectivity index (χ1) is 8.00. The summed E-state index contributed by atoms with van der Waals surface area (Å²) in [5.41, 5.74) is 1.70. The van der Waals surface area contributed by atoms with Gasteiger partial charge >= 0.3 is 0 Å². The minimum atomic E-state index is -0.0165. The number of carbonyl (C=O) groups is 1. The molecule has 0 aromatic heterocycles. The SMILES string of the molecule is Cc1cc(Br)ccc1C(=O)NCCCC(C)Cl. The topological polar surface area (TPSA) is 29.1 Å². The molecule has 1 aromatic rings. The number of aryl methyl sites for hydroxylation is 1. The number of amides is 1. The fourth-order valence-electron chi connectivity index (χ4n) is 1.56. The lowest BCUT2D eigenvalue weighted by Crippen LogP contribution is -2.25. The quantitative estimate of drug-likeness (QED) is 0.647. The number of hydrogen-bond acceptors (Lipinski definition) is 1. The molecule has 1 aromatic carbocycles. The van der Waals surface area contributed by atoms with Gasteiger partial charge in [-0.1, -0.05) is 15.9 Å². The molecule has 2 nitrogen and oxygen atoms in total. The number of carbonyl (C=O) groups excluding carboxylic acids is 1. The van der Waals surface area contributed by atoms with E-state index in [1.165, 1.54) is 0 Å². The monoisotopic (exact) mass is 317 g/mol. The Kier molecular flexibility index (Phi) is 6.00. The van der Waals surface area contributed by atoms with Crippen LogP contribution in [0, 0.1) is 6.92 Å². The van der Waals surface area contributed by atoms with E-state index in [1.807, 2.05) is 32.0 Å². The third-order valence-electron chi connectivity index (χ3n) is 2.50. The summed E-state index contributed by atoms with van der Waals surface area (Å²) >= 11 is 9.21. The Labute approximate surface area is 116 Å². The summed E-state index contributed by atoms with van der Waals surface area (Å²) < 4.78 is 0.988. The van der Waals surface area contributed by atoms with Crippen molar-refractivity contribution in [1.29, 1.82) is 0 Å². The summed E-state index contributed by atoms with van der Waals surface area (Å²) in [5, 5.41) is 3.07. The van der Waals surface area contributed by atoms with Gasteiger partial charge in [0, 0.05) is 22.0 Å². The minimum Gasteiger partial charge on any atom is -0.352 e. The molecule has 0 radical (unpaired) electrons. The molecule has 1 amide bonds. The van der Waals surface area contributed by atoms with Crippen molar-refractivity contribution >= 4 is 33.4 Å². The zero-order chi connectivity index (χ0) is 12.8. The highest BCUT2D eigenvalue weighted by Gasteiger charge is 2.08. The smallest absolute Gasteiger partial charge is 0.251 e. The van der Waals surface area contributed by atoms with Crippen molar-refractivity contribution in [3.8, 4) is 0 Å². The van der Waals surface area contributed by atoms with Gasteiger partial charge in [-0.2, -0.15) is 0 Å². The minimum absolute atomic E-state index is 0.0165. The largest absolute Gasteiger partial charge is 0.352 e. The molecular formula is C13H17BrClNO. The lowest BCUT2D eigenvalue weighted by atomic mass is 10.1. The fourth-order valence-corrected chi connectivity index (χ4v) is 2.19. The molecule has 0 spiro atoms. The molecule has 0 aliphatic carbocycles.